The third-order valence-electron chi connectivity index (χ3n) is 3.56. The largest absolute Gasteiger partial charge is 0.393 e. The van der Waals surface area contributed by atoms with E-state index < -0.39 is 0 Å². The molecule has 1 aliphatic heterocycles. The summed E-state index contributed by atoms with van der Waals surface area (Å²) in [7, 11) is 0. The lowest BCUT2D eigenvalue weighted by Gasteiger charge is -2.28. The van der Waals surface area contributed by atoms with Gasteiger partial charge in [0.15, 0.2) is 0 Å². The van der Waals surface area contributed by atoms with Gasteiger partial charge in [0.2, 0.25) is 5.82 Å². The molecule has 2 aromatic rings. The maximum atomic E-state index is 12.4. The summed E-state index contributed by atoms with van der Waals surface area (Å²) in [6.07, 6.45) is 0.907. The van der Waals surface area contributed by atoms with Crippen molar-refractivity contribution in [1.82, 2.24) is 24.5 Å². The number of aromatic nitrogens is 4. The smallest absolute Gasteiger partial charge is 0.293 e. The maximum Gasteiger partial charge on any atom is 0.293 e. The molecule has 0 aromatic carbocycles. The van der Waals surface area contributed by atoms with E-state index in [0.29, 0.717) is 31.7 Å². The molecule has 0 bridgehead atoms. The van der Waals surface area contributed by atoms with E-state index in [2.05, 4.69) is 15.1 Å². The van der Waals surface area contributed by atoms with Gasteiger partial charge in [-0.25, -0.2) is 9.50 Å². The van der Waals surface area contributed by atoms with Crippen LogP contribution in [0.3, 0.4) is 0 Å². The summed E-state index contributed by atoms with van der Waals surface area (Å²) in [5.74, 6) is 0.421. The van der Waals surface area contributed by atoms with E-state index in [1.807, 2.05) is 19.9 Å². The highest BCUT2D eigenvalue weighted by Crippen LogP contribution is 2.13. The van der Waals surface area contributed by atoms with Crippen LogP contribution in [0.1, 0.15) is 34.8 Å². The summed E-state index contributed by atoms with van der Waals surface area (Å²) in [6, 6.07) is 1.90. The number of carbonyl (C=O) groups is 1. The number of rotatable bonds is 1. The van der Waals surface area contributed by atoms with Crippen molar-refractivity contribution in [3.8, 4) is 0 Å². The number of hydrogen-bond donors (Lipinski definition) is 1. The van der Waals surface area contributed by atoms with Gasteiger partial charge in [0.05, 0.1) is 6.10 Å². The molecule has 0 atom stereocenters. The SMILES string of the molecule is Cc1cc(C)n2nc(C(=O)N3CCC(O)CC3)nc2n1. The fraction of sp³-hybridized carbons (Fsp3) is 0.538. The van der Waals surface area contributed by atoms with Gasteiger partial charge >= 0.3 is 0 Å². The standard InChI is InChI=1S/C13H17N5O2/c1-8-7-9(2)18-13(14-8)15-11(16-18)12(20)17-5-3-10(19)4-6-17/h7,10,19H,3-6H2,1-2H3. The number of fused-ring (bicyclic) bond motifs is 1. The van der Waals surface area contributed by atoms with Gasteiger partial charge in [0.25, 0.3) is 11.7 Å². The molecule has 0 saturated carbocycles. The molecule has 1 fully saturated rings. The van der Waals surface area contributed by atoms with Crippen LogP contribution in [0.15, 0.2) is 6.07 Å². The molecular weight excluding hydrogens is 258 g/mol. The average Bonchev–Trinajstić information content (AvgIpc) is 2.83. The van der Waals surface area contributed by atoms with Crippen LogP contribution in [0.25, 0.3) is 5.78 Å². The van der Waals surface area contributed by atoms with Crippen LogP contribution in [0.5, 0.6) is 0 Å². The Balaban J connectivity index is 1.90. The van der Waals surface area contributed by atoms with Crippen LogP contribution in [0.4, 0.5) is 0 Å². The molecule has 1 N–H and O–H groups in total. The minimum Gasteiger partial charge on any atom is -0.393 e. The second-order valence-electron chi connectivity index (χ2n) is 5.21. The number of hydrogen-bond acceptors (Lipinski definition) is 5. The molecule has 1 amide bonds. The zero-order valence-electron chi connectivity index (χ0n) is 11.6. The van der Waals surface area contributed by atoms with Crippen LogP contribution < -0.4 is 0 Å². The summed E-state index contributed by atoms with van der Waals surface area (Å²) >= 11 is 0. The van der Waals surface area contributed by atoms with Crippen LogP contribution in [0, 0.1) is 13.8 Å². The lowest BCUT2D eigenvalue weighted by atomic mass is 10.1. The van der Waals surface area contributed by atoms with Gasteiger partial charge in [-0.15, -0.1) is 5.10 Å². The number of aliphatic hydroxyl groups excluding tert-OH is 1. The third-order valence-corrected chi connectivity index (χ3v) is 3.56. The first kappa shape index (κ1) is 13.0. The average molecular weight is 275 g/mol. The predicted molar refractivity (Wildman–Crippen MR) is 71.4 cm³/mol. The first-order valence-corrected chi connectivity index (χ1v) is 6.73. The van der Waals surface area contributed by atoms with Crippen molar-refractivity contribution in [3.05, 3.63) is 23.3 Å². The summed E-state index contributed by atoms with van der Waals surface area (Å²) in [5.41, 5.74) is 1.75. The van der Waals surface area contributed by atoms with Gasteiger partial charge in [-0.2, -0.15) is 4.98 Å². The third kappa shape index (κ3) is 2.24. The predicted octanol–water partition coefficient (Wildman–Crippen LogP) is 0.338. The number of aryl methyl sites for hydroxylation is 2. The summed E-state index contributed by atoms with van der Waals surface area (Å²) in [4.78, 5) is 22.5. The van der Waals surface area contributed by atoms with Crippen molar-refractivity contribution in [1.29, 1.82) is 0 Å². The van der Waals surface area contributed by atoms with Crippen molar-refractivity contribution in [2.45, 2.75) is 32.8 Å². The van der Waals surface area contributed by atoms with Crippen LogP contribution in [-0.2, 0) is 0 Å². The summed E-state index contributed by atoms with van der Waals surface area (Å²) in [5, 5.41) is 13.7. The molecule has 2 aromatic heterocycles. The number of aliphatic hydroxyl groups is 1. The topological polar surface area (TPSA) is 83.6 Å². The first-order chi connectivity index (χ1) is 9.54. The van der Waals surface area contributed by atoms with E-state index in [0.717, 1.165) is 11.4 Å². The highest BCUT2D eigenvalue weighted by molar-refractivity contribution is 5.90. The Morgan fingerprint density at radius 1 is 1.30 bits per heavy atom. The highest BCUT2D eigenvalue weighted by atomic mass is 16.3. The zero-order valence-corrected chi connectivity index (χ0v) is 11.6. The van der Waals surface area contributed by atoms with Gasteiger partial charge in [-0.05, 0) is 32.8 Å². The Kier molecular flexibility index (Phi) is 3.13. The van der Waals surface area contributed by atoms with Gasteiger partial charge in [-0.3, -0.25) is 4.79 Å². The minimum absolute atomic E-state index is 0.169. The van der Waals surface area contributed by atoms with Crippen LogP contribution in [0.2, 0.25) is 0 Å². The van der Waals surface area contributed by atoms with Crippen molar-refractivity contribution in [3.63, 3.8) is 0 Å². The highest BCUT2D eigenvalue weighted by Gasteiger charge is 2.25. The molecule has 7 heteroatoms. The van der Waals surface area contributed by atoms with E-state index >= 15 is 0 Å². The Morgan fingerprint density at radius 2 is 2.00 bits per heavy atom. The molecule has 7 nitrogen and oxygen atoms in total. The second kappa shape index (κ2) is 4.82. The van der Waals surface area contributed by atoms with Gasteiger partial charge in [0.1, 0.15) is 0 Å². The fourth-order valence-electron chi connectivity index (χ4n) is 2.47. The second-order valence-corrected chi connectivity index (χ2v) is 5.21. The molecule has 3 heterocycles. The molecule has 0 radical (unpaired) electrons. The zero-order chi connectivity index (χ0) is 14.3. The Hall–Kier alpha value is -2.02. The molecule has 1 aliphatic rings. The number of amides is 1. The Bertz CT molecular complexity index is 658. The lowest BCUT2D eigenvalue weighted by Crippen LogP contribution is -2.40. The van der Waals surface area contributed by atoms with E-state index in [-0.39, 0.29) is 17.8 Å². The summed E-state index contributed by atoms with van der Waals surface area (Å²) in [6.45, 7) is 4.87. The summed E-state index contributed by atoms with van der Waals surface area (Å²) < 4.78 is 1.58. The number of likely N-dealkylation sites (tertiary alicyclic amines) is 1. The van der Waals surface area contributed by atoms with E-state index in [4.69, 9.17) is 0 Å². The number of carbonyl (C=O) groups excluding carboxylic acids is 1. The molecule has 0 spiro atoms. The molecule has 1 saturated heterocycles. The van der Waals surface area contributed by atoms with Gasteiger partial charge < -0.3 is 10.0 Å². The quantitative estimate of drug-likeness (QED) is 0.811. The lowest BCUT2D eigenvalue weighted by molar-refractivity contribution is 0.0536. The minimum atomic E-state index is -0.306. The Labute approximate surface area is 116 Å². The molecular formula is C13H17N5O2. The Morgan fingerprint density at radius 3 is 2.70 bits per heavy atom. The molecule has 0 unspecified atom stereocenters. The molecule has 20 heavy (non-hydrogen) atoms. The van der Waals surface area contributed by atoms with E-state index in [9.17, 15) is 9.90 Å². The van der Waals surface area contributed by atoms with Crippen molar-refractivity contribution in [2.24, 2.45) is 0 Å². The van der Waals surface area contributed by atoms with Crippen LogP contribution >= 0.6 is 0 Å². The first-order valence-electron chi connectivity index (χ1n) is 6.73. The molecule has 0 aliphatic carbocycles. The van der Waals surface area contributed by atoms with Crippen molar-refractivity contribution >= 4 is 11.7 Å². The van der Waals surface area contributed by atoms with Crippen LogP contribution in [-0.4, -0.2) is 54.7 Å². The monoisotopic (exact) mass is 275 g/mol. The van der Waals surface area contributed by atoms with Gasteiger partial charge in [0, 0.05) is 24.5 Å². The number of nitrogens with zero attached hydrogens (tertiary/aromatic N) is 5. The van der Waals surface area contributed by atoms with E-state index in [1.165, 1.54) is 0 Å². The normalized spacial score (nSPS) is 16.9. The van der Waals surface area contributed by atoms with E-state index in [1.54, 1.807) is 9.42 Å². The molecule has 3 rings (SSSR count). The van der Waals surface area contributed by atoms with Crippen molar-refractivity contribution in [2.75, 3.05) is 13.1 Å². The fourth-order valence-corrected chi connectivity index (χ4v) is 2.47. The van der Waals surface area contributed by atoms with Gasteiger partial charge in [-0.1, -0.05) is 0 Å². The number of piperidine rings is 1. The maximum absolute atomic E-state index is 12.4. The molecule has 106 valence electrons. The van der Waals surface area contributed by atoms with Crippen molar-refractivity contribution < 1.29 is 9.90 Å².